The van der Waals surface area contributed by atoms with Gasteiger partial charge in [-0.1, -0.05) is 41.9 Å². The van der Waals surface area contributed by atoms with Crippen LogP contribution in [-0.2, 0) is 11.2 Å². The summed E-state index contributed by atoms with van der Waals surface area (Å²) in [7, 11) is 1.61. The van der Waals surface area contributed by atoms with Gasteiger partial charge in [0.25, 0.3) is 5.91 Å². The number of anilines is 1. The third-order valence-corrected chi connectivity index (χ3v) is 5.10. The molecule has 2 aromatic carbocycles. The number of amides is 1. The molecule has 3 N–H and O–H groups in total. The van der Waals surface area contributed by atoms with Gasteiger partial charge in [0, 0.05) is 23.2 Å². The summed E-state index contributed by atoms with van der Waals surface area (Å²) in [5.74, 6) is 0.769. The van der Waals surface area contributed by atoms with Crippen molar-refractivity contribution in [3.63, 3.8) is 0 Å². The minimum atomic E-state index is -0.623. The molecule has 0 spiro atoms. The molecule has 3 aromatic rings. The Morgan fingerprint density at radius 1 is 1.20 bits per heavy atom. The van der Waals surface area contributed by atoms with Crippen LogP contribution >= 0.6 is 11.6 Å². The molecule has 152 valence electrons. The molecule has 1 aliphatic rings. The lowest BCUT2D eigenvalue weighted by atomic mass is 10.1. The van der Waals surface area contributed by atoms with Gasteiger partial charge in [0.05, 0.1) is 7.11 Å². The van der Waals surface area contributed by atoms with Gasteiger partial charge >= 0.3 is 0 Å². The summed E-state index contributed by atoms with van der Waals surface area (Å²) < 4.78 is 5.32. The van der Waals surface area contributed by atoms with Gasteiger partial charge in [0.2, 0.25) is 5.84 Å². The summed E-state index contributed by atoms with van der Waals surface area (Å²) in [5, 5.41) is 2.34. The van der Waals surface area contributed by atoms with Crippen molar-refractivity contribution >= 4 is 29.2 Å². The van der Waals surface area contributed by atoms with E-state index in [-0.39, 0.29) is 12.0 Å². The van der Waals surface area contributed by atoms with Crippen LogP contribution in [0.2, 0.25) is 5.02 Å². The van der Waals surface area contributed by atoms with Crippen LogP contribution < -0.4 is 20.9 Å². The Morgan fingerprint density at radius 3 is 2.73 bits per heavy atom. The number of carbonyl (C=O) groups is 1. The number of carbonyl (C=O) groups excluding carboxylic acids is 1. The Hall–Kier alpha value is -3.58. The first kappa shape index (κ1) is 19.7. The molecule has 0 radical (unpaired) electrons. The summed E-state index contributed by atoms with van der Waals surface area (Å²) in [6.45, 7) is 0. The summed E-state index contributed by atoms with van der Waals surface area (Å²) in [4.78, 5) is 20.7. The maximum absolute atomic E-state index is 11.7. The first-order valence-electron chi connectivity index (χ1n) is 9.32. The minimum absolute atomic E-state index is 0.0996. The number of nitrogens with zero attached hydrogens (tertiary/aromatic N) is 3. The van der Waals surface area contributed by atoms with Crippen LogP contribution in [0.3, 0.4) is 0 Å². The predicted octanol–water partition coefficient (Wildman–Crippen LogP) is 3.19. The third-order valence-electron chi connectivity index (χ3n) is 4.77. The van der Waals surface area contributed by atoms with E-state index in [0.717, 1.165) is 16.7 Å². The number of amidine groups is 1. The van der Waals surface area contributed by atoms with Crippen molar-refractivity contribution in [2.75, 3.05) is 12.1 Å². The number of aliphatic imine (C=N–C) groups is 1. The lowest BCUT2D eigenvalue weighted by Crippen LogP contribution is -2.45. The van der Waals surface area contributed by atoms with E-state index < -0.39 is 5.91 Å². The number of nitrogens with two attached hydrogens (primary N) is 1. The number of hydrazine groups is 1. The molecule has 0 saturated heterocycles. The molecule has 2 heterocycles. The molecular weight excluding hydrogens is 402 g/mol. The smallest absolute Gasteiger partial charge is 0.285 e. The first-order valence-corrected chi connectivity index (χ1v) is 9.70. The highest BCUT2D eigenvalue weighted by Gasteiger charge is 2.30. The third kappa shape index (κ3) is 4.06. The number of halogens is 1. The Kier molecular flexibility index (Phi) is 5.54. The maximum atomic E-state index is 11.7. The van der Waals surface area contributed by atoms with E-state index in [1.165, 1.54) is 0 Å². The number of primary amides is 1. The Bertz CT molecular complexity index is 1100. The first-order chi connectivity index (χ1) is 14.5. The molecule has 7 nitrogen and oxygen atoms in total. The molecule has 0 saturated carbocycles. The lowest BCUT2D eigenvalue weighted by Gasteiger charge is -2.24. The van der Waals surface area contributed by atoms with Crippen LogP contribution in [0, 0.1) is 0 Å². The summed E-state index contributed by atoms with van der Waals surface area (Å²) >= 11 is 6.41. The van der Waals surface area contributed by atoms with Gasteiger partial charge in [-0.25, -0.2) is 15.0 Å². The molecule has 1 unspecified atom stereocenters. The molecule has 4 rings (SSSR count). The second-order valence-electron chi connectivity index (χ2n) is 6.74. The van der Waals surface area contributed by atoms with Crippen LogP contribution in [0.4, 0.5) is 5.82 Å². The van der Waals surface area contributed by atoms with Gasteiger partial charge in [-0.2, -0.15) is 0 Å². The summed E-state index contributed by atoms with van der Waals surface area (Å²) in [6.07, 6.45) is 1.89. The van der Waals surface area contributed by atoms with E-state index in [4.69, 9.17) is 22.1 Å². The van der Waals surface area contributed by atoms with E-state index in [1.807, 2.05) is 48.5 Å². The minimum Gasteiger partial charge on any atom is -0.497 e. The average molecular weight is 422 g/mol. The summed E-state index contributed by atoms with van der Waals surface area (Å²) in [5.41, 5.74) is 11.2. The highest BCUT2D eigenvalue weighted by molar-refractivity contribution is 6.38. The second-order valence-corrected chi connectivity index (χ2v) is 7.15. The van der Waals surface area contributed by atoms with Crippen molar-refractivity contribution in [2.45, 2.75) is 12.6 Å². The SMILES string of the molecule is COc1ccc(Cl)c(-c2ccnc(N3NC(C(N)=O)=NC3Cc3ccccc3)c2)c1. The van der Waals surface area contributed by atoms with Crippen LogP contribution in [0.5, 0.6) is 5.75 Å². The van der Waals surface area contributed by atoms with Crippen molar-refractivity contribution in [3.8, 4) is 16.9 Å². The molecular formula is C22H20ClN5O2. The van der Waals surface area contributed by atoms with Crippen LogP contribution in [-0.4, -0.2) is 30.0 Å². The molecule has 1 aliphatic heterocycles. The number of pyridine rings is 1. The Balaban J connectivity index is 1.68. The number of benzene rings is 2. The molecule has 0 aliphatic carbocycles. The van der Waals surface area contributed by atoms with Crippen molar-refractivity contribution in [1.29, 1.82) is 0 Å². The monoisotopic (exact) mass is 421 g/mol. The molecule has 30 heavy (non-hydrogen) atoms. The largest absolute Gasteiger partial charge is 0.497 e. The van der Waals surface area contributed by atoms with E-state index in [2.05, 4.69) is 15.4 Å². The van der Waals surface area contributed by atoms with Gasteiger partial charge in [-0.15, -0.1) is 0 Å². The van der Waals surface area contributed by atoms with Gasteiger partial charge in [0.1, 0.15) is 17.7 Å². The van der Waals surface area contributed by atoms with E-state index >= 15 is 0 Å². The second kappa shape index (κ2) is 8.42. The fourth-order valence-electron chi connectivity index (χ4n) is 3.28. The molecule has 8 heteroatoms. The van der Waals surface area contributed by atoms with Crippen molar-refractivity contribution in [3.05, 3.63) is 77.4 Å². The fraction of sp³-hybridized carbons (Fsp3) is 0.136. The zero-order valence-electron chi connectivity index (χ0n) is 16.2. The van der Waals surface area contributed by atoms with Gasteiger partial charge in [-0.3, -0.25) is 10.2 Å². The van der Waals surface area contributed by atoms with Crippen molar-refractivity contribution < 1.29 is 9.53 Å². The van der Waals surface area contributed by atoms with Crippen molar-refractivity contribution in [2.24, 2.45) is 10.7 Å². The maximum Gasteiger partial charge on any atom is 0.285 e. The van der Waals surface area contributed by atoms with Crippen LogP contribution in [0.15, 0.2) is 71.9 Å². The quantitative estimate of drug-likeness (QED) is 0.637. The Labute approximate surface area is 179 Å². The zero-order chi connectivity index (χ0) is 21.1. The van der Waals surface area contributed by atoms with Crippen molar-refractivity contribution in [1.82, 2.24) is 10.4 Å². The molecule has 1 amide bonds. The number of hydrogen-bond acceptors (Lipinski definition) is 6. The Morgan fingerprint density at radius 2 is 2.00 bits per heavy atom. The highest BCUT2D eigenvalue weighted by atomic mass is 35.5. The zero-order valence-corrected chi connectivity index (χ0v) is 17.0. The molecule has 1 atom stereocenters. The van der Waals surface area contributed by atoms with Gasteiger partial charge < -0.3 is 10.5 Å². The number of ether oxygens (including phenoxy) is 1. The lowest BCUT2D eigenvalue weighted by molar-refractivity contribution is -0.112. The molecule has 0 bridgehead atoms. The predicted molar refractivity (Wildman–Crippen MR) is 117 cm³/mol. The van der Waals surface area contributed by atoms with Gasteiger partial charge in [-0.05, 0) is 41.5 Å². The van der Waals surface area contributed by atoms with Crippen LogP contribution in [0.1, 0.15) is 5.56 Å². The number of aromatic nitrogens is 1. The van der Waals surface area contributed by atoms with E-state index in [1.54, 1.807) is 30.4 Å². The normalized spacial score (nSPS) is 15.5. The van der Waals surface area contributed by atoms with E-state index in [9.17, 15) is 4.79 Å². The van der Waals surface area contributed by atoms with E-state index in [0.29, 0.717) is 23.0 Å². The summed E-state index contributed by atoms with van der Waals surface area (Å²) in [6, 6.07) is 19.1. The number of methoxy groups -OCH3 is 1. The number of nitrogens with one attached hydrogen (secondary N) is 1. The van der Waals surface area contributed by atoms with Gasteiger partial charge in [0.15, 0.2) is 0 Å². The number of hydrogen-bond donors (Lipinski definition) is 2. The topological polar surface area (TPSA) is 92.8 Å². The average Bonchev–Trinajstić information content (AvgIpc) is 3.19. The molecule has 1 aromatic heterocycles. The van der Waals surface area contributed by atoms with Crippen LogP contribution in [0.25, 0.3) is 11.1 Å². The molecule has 0 fully saturated rings. The fourth-order valence-corrected chi connectivity index (χ4v) is 3.51. The number of rotatable bonds is 6. The standard InChI is InChI=1S/C22H20ClN5O2/c1-30-16-7-8-18(23)17(13-16)15-9-10-25-19(12-15)28-20(26-22(27-28)21(24)29)11-14-5-3-2-4-6-14/h2-10,12-13,20H,11H2,1H3,(H2,24,29)(H,26,27). The highest BCUT2D eigenvalue weighted by Crippen LogP contribution is 2.33.